The third-order valence-electron chi connectivity index (χ3n) is 2.11. The fourth-order valence-corrected chi connectivity index (χ4v) is 1.15. The van der Waals surface area contributed by atoms with Gasteiger partial charge in [-0.2, -0.15) is 0 Å². The lowest BCUT2D eigenvalue weighted by Gasteiger charge is -2.10. The van der Waals surface area contributed by atoms with Crippen LogP contribution in [0.2, 0.25) is 0 Å². The van der Waals surface area contributed by atoms with Gasteiger partial charge in [0.2, 0.25) is 0 Å². The van der Waals surface area contributed by atoms with Gasteiger partial charge in [0.25, 0.3) is 0 Å². The molecule has 0 saturated carbocycles. The summed E-state index contributed by atoms with van der Waals surface area (Å²) in [4.78, 5) is 24.6. The number of rotatable bonds is 8. The molecular weight excluding hydrogens is 234 g/mol. The molecule has 0 unspecified atom stereocenters. The van der Waals surface area contributed by atoms with E-state index in [2.05, 4.69) is 10.6 Å². The van der Waals surface area contributed by atoms with Crippen molar-refractivity contribution >= 4 is 11.8 Å². The molecule has 18 heavy (non-hydrogen) atoms. The van der Waals surface area contributed by atoms with Crippen molar-refractivity contribution in [2.24, 2.45) is 0 Å². The van der Waals surface area contributed by atoms with Gasteiger partial charge in [-0.05, 0) is 34.4 Å². The summed E-state index contributed by atoms with van der Waals surface area (Å²) in [5.41, 5.74) is 0. The largest absolute Gasteiger partial charge is 0.379 e. The van der Waals surface area contributed by atoms with Crippen LogP contribution in [0.4, 0.5) is 0 Å². The third kappa shape index (κ3) is 10.0. The highest BCUT2D eigenvalue weighted by atomic mass is 16.5. The molecule has 0 aromatic rings. The highest BCUT2D eigenvalue weighted by Crippen LogP contribution is 1.89. The van der Waals surface area contributed by atoms with Gasteiger partial charge in [0, 0.05) is 26.2 Å². The summed E-state index contributed by atoms with van der Waals surface area (Å²) in [6.45, 7) is 6.12. The molecule has 0 aliphatic carbocycles. The van der Waals surface area contributed by atoms with E-state index < -0.39 is 11.8 Å². The van der Waals surface area contributed by atoms with Gasteiger partial charge in [0.1, 0.15) is 0 Å². The predicted octanol–water partition coefficient (Wildman–Crippen LogP) is -0.404. The molecule has 0 fully saturated rings. The number of nitrogens with one attached hydrogen (secondary N) is 2. The Morgan fingerprint density at radius 1 is 1.11 bits per heavy atom. The monoisotopic (exact) mass is 259 g/mol. The van der Waals surface area contributed by atoms with E-state index in [0.717, 1.165) is 0 Å². The van der Waals surface area contributed by atoms with E-state index in [4.69, 9.17) is 4.74 Å². The summed E-state index contributed by atoms with van der Waals surface area (Å²) >= 11 is 0. The maximum absolute atomic E-state index is 11.3. The first-order valence-electron chi connectivity index (χ1n) is 6.26. The number of hydrogen-bond acceptors (Lipinski definition) is 4. The van der Waals surface area contributed by atoms with Gasteiger partial charge in [-0.15, -0.1) is 0 Å². The van der Waals surface area contributed by atoms with Crippen molar-refractivity contribution in [3.63, 3.8) is 0 Å². The number of nitrogens with zero attached hydrogens (tertiary/aromatic N) is 1. The standard InChI is InChI=1S/C12H25N3O3/c1-10(2)18-9-5-6-13-11(16)12(17)14-7-8-15(3)4/h10H,5-9H2,1-4H3,(H,13,16)(H,14,17). The molecule has 0 aromatic carbocycles. The Morgan fingerprint density at radius 3 is 2.17 bits per heavy atom. The molecule has 0 atom stereocenters. The van der Waals surface area contributed by atoms with Crippen LogP contribution in [0.15, 0.2) is 0 Å². The van der Waals surface area contributed by atoms with E-state index in [1.807, 2.05) is 32.8 Å². The van der Waals surface area contributed by atoms with Crippen molar-refractivity contribution in [3.8, 4) is 0 Å². The van der Waals surface area contributed by atoms with Crippen LogP contribution in [0.1, 0.15) is 20.3 Å². The van der Waals surface area contributed by atoms with E-state index in [1.54, 1.807) is 0 Å². The van der Waals surface area contributed by atoms with Crippen LogP contribution in [0, 0.1) is 0 Å². The fourth-order valence-electron chi connectivity index (χ4n) is 1.15. The van der Waals surface area contributed by atoms with Crippen molar-refractivity contribution in [1.82, 2.24) is 15.5 Å². The van der Waals surface area contributed by atoms with Crippen LogP contribution in [0.25, 0.3) is 0 Å². The topological polar surface area (TPSA) is 70.7 Å². The lowest BCUT2D eigenvalue weighted by Crippen LogP contribution is -2.42. The molecule has 0 heterocycles. The number of hydrogen-bond donors (Lipinski definition) is 2. The maximum Gasteiger partial charge on any atom is 0.309 e. The summed E-state index contributed by atoms with van der Waals surface area (Å²) in [6.07, 6.45) is 0.893. The minimum absolute atomic E-state index is 0.190. The van der Waals surface area contributed by atoms with Crippen LogP contribution in [-0.2, 0) is 14.3 Å². The first kappa shape index (κ1) is 16.9. The number of carbonyl (C=O) groups is 2. The molecule has 2 N–H and O–H groups in total. The van der Waals surface area contributed by atoms with E-state index >= 15 is 0 Å². The highest BCUT2D eigenvalue weighted by molar-refractivity contribution is 6.35. The molecule has 0 aliphatic rings. The van der Waals surface area contributed by atoms with E-state index in [0.29, 0.717) is 32.7 Å². The Labute approximate surface area is 109 Å². The molecule has 6 nitrogen and oxygen atoms in total. The number of amides is 2. The minimum Gasteiger partial charge on any atom is -0.379 e. The second-order valence-corrected chi connectivity index (χ2v) is 4.59. The van der Waals surface area contributed by atoms with Crippen LogP contribution in [0.3, 0.4) is 0 Å². The smallest absolute Gasteiger partial charge is 0.309 e. The Balaban J connectivity index is 3.53. The van der Waals surface area contributed by atoms with Gasteiger partial charge in [0.15, 0.2) is 0 Å². The van der Waals surface area contributed by atoms with Crippen LogP contribution >= 0.6 is 0 Å². The quantitative estimate of drug-likeness (QED) is 0.459. The molecule has 0 aromatic heterocycles. The lowest BCUT2D eigenvalue weighted by atomic mass is 10.4. The molecule has 0 spiro atoms. The number of likely N-dealkylation sites (N-methyl/N-ethyl adjacent to an activating group) is 1. The molecule has 106 valence electrons. The van der Waals surface area contributed by atoms with Crippen LogP contribution in [0.5, 0.6) is 0 Å². The van der Waals surface area contributed by atoms with E-state index in [9.17, 15) is 9.59 Å². The van der Waals surface area contributed by atoms with Gasteiger partial charge < -0.3 is 20.3 Å². The Morgan fingerprint density at radius 2 is 1.67 bits per heavy atom. The molecular formula is C12H25N3O3. The summed E-state index contributed by atoms with van der Waals surface area (Å²) in [6, 6.07) is 0. The summed E-state index contributed by atoms with van der Waals surface area (Å²) in [5, 5.41) is 5.10. The molecule has 6 heteroatoms. The zero-order chi connectivity index (χ0) is 14.0. The fraction of sp³-hybridized carbons (Fsp3) is 0.833. The molecule has 2 amide bonds. The minimum atomic E-state index is -0.585. The van der Waals surface area contributed by atoms with Gasteiger partial charge in [-0.1, -0.05) is 0 Å². The highest BCUT2D eigenvalue weighted by Gasteiger charge is 2.11. The summed E-state index contributed by atoms with van der Waals surface area (Å²) < 4.78 is 5.32. The Kier molecular flexibility index (Phi) is 9.22. The van der Waals surface area contributed by atoms with Gasteiger partial charge in [-0.25, -0.2) is 0 Å². The lowest BCUT2D eigenvalue weighted by molar-refractivity contribution is -0.139. The van der Waals surface area contributed by atoms with E-state index in [1.165, 1.54) is 0 Å². The first-order chi connectivity index (χ1) is 8.43. The van der Waals surface area contributed by atoms with Crippen LogP contribution < -0.4 is 10.6 Å². The first-order valence-corrected chi connectivity index (χ1v) is 6.26. The van der Waals surface area contributed by atoms with Crippen molar-refractivity contribution < 1.29 is 14.3 Å². The number of ether oxygens (including phenoxy) is 1. The zero-order valence-electron chi connectivity index (χ0n) is 11.8. The maximum atomic E-state index is 11.3. The van der Waals surface area contributed by atoms with Gasteiger partial charge >= 0.3 is 11.8 Å². The zero-order valence-corrected chi connectivity index (χ0v) is 11.8. The summed E-state index contributed by atoms with van der Waals surface area (Å²) in [7, 11) is 3.81. The van der Waals surface area contributed by atoms with Crippen molar-refractivity contribution in [1.29, 1.82) is 0 Å². The average Bonchev–Trinajstić information content (AvgIpc) is 2.27. The third-order valence-corrected chi connectivity index (χ3v) is 2.11. The van der Waals surface area contributed by atoms with Crippen molar-refractivity contribution in [2.45, 2.75) is 26.4 Å². The summed E-state index contributed by atoms with van der Waals surface area (Å²) in [5.74, 6) is -1.17. The second-order valence-electron chi connectivity index (χ2n) is 4.59. The Hall–Kier alpha value is -1.14. The predicted molar refractivity (Wildman–Crippen MR) is 70.3 cm³/mol. The van der Waals surface area contributed by atoms with Crippen molar-refractivity contribution in [2.75, 3.05) is 40.3 Å². The molecule has 0 rings (SSSR count). The van der Waals surface area contributed by atoms with Crippen LogP contribution in [-0.4, -0.2) is 63.2 Å². The van der Waals surface area contributed by atoms with Crippen molar-refractivity contribution in [3.05, 3.63) is 0 Å². The molecule has 0 bridgehead atoms. The molecule has 0 saturated heterocycles. The van der Waals surface area contributed by atoms with Gasteiger partial charge in [-0.3, -0.25) is 9.59 Å². The Bertz CT molecular complexity index is 255. The number of carbonyl (C=O) groups excluding carboxylic acids is 2. The normalized spacial score (nSPS) is 10.8. The molecule has 0 radical (unpaired) electrons. The second kappa shape index (κ2) is 9.85. The molecule has 0 aliphatic heterocycles. The average molecular weight is 259 g/mol. The van der Waals surface area contributed by atoms with E-state index in [-0.39, 0.29) is 6.10 Å². The van der Waals surface area contributed by atoms with Gasteiger partial charge in [0.05, 0.1) is 6.10 Å². The SMILES string of the molecule is CC(C)OCCCNC(=O)C(=O)NCCN(C)C.